The number of primary sulfonamides is 1. The van der Waals surface area contributed by atoms with Gasteiger partial charge in [0.15, 0.2) is 0 Å². The van der Waals surface area contributed by atoms with Crippen molar-refractivity contribution in [2.45, 2.75) is 9.79 Å². The summed E-state index contributed by atoms with van der Waals surface area (Å²) in [5.41, 5.74) is 1.76. The summed E-state index contributed by atoms with van der Waals surface area (Å²) in [6.07, 6.45) is 0. The molecule has 0 fully saturated rings. The molecule has 1 aromatic rings. The minimum absolute atomic E-state index is 0.204. The van der Waals surface area contributed by atoms with E-state index in [0.29, 0.717) is 0 Å². The molecule has 0 aromatic heterocycles. The van der Waals surface area contributed by atoms with Gasteiger partial charge in [-0.25, -0.2) is 32.5 Å². The van der Waals surface area contributed by atoms with Crippen molar-refractivity contribution in [2.75, 3.05) is 6.54 Å². The molecule has 0 aliphatic heterocycles. The van der Waals surface area contributed by atoms with Gasteiger partial charge in [-0.3, -0.25) is 10.2 Å². The van der Waals surface area contributed by atoms with Crippen molar-refractivity contribution in [1.82, 2.24) is 10.1 Å². The van der Waals surface area contributed by atoms with Crippen LogP contribution in [0.3, 0.4) is 0 Å². The molecule has 0 unspecified atom stereocenters. The lowest BCUT2D eigenvalue weighted by molar-refractivity contribution is -0.120. The molecule has 0 spiro atoms. The Bertz CT molecular complexity index is 666. The predicted octanol–water partition coefficient (Wildman–Crippen LogP) is -2.40. The van der Waals surface area contributed by atoms with Gasteiger partial charge >= 0.3 is 0 Å². The van der Waals surface area contributed by atoms with Gasteiger partial charge in [0.05, 0.1) is 16.3 Å². The van der Waals surface area contributed by atoms with E-state index in [9.17, 15) is 21.6 Å². The van der Waals surface area contributed by atoms with Crippen molar-refractivity contribution in [1.29, 1.82) is 0 Å². The largest absolute Gasteiger partial charge is 0.293 e. The number of nitrogens with two attached hydrogens (primary N) is 2. The normalized spacial score (nSPS) is 12.1. The molecule has 0 aliphatic rings. The second-order valence-corrected chi connectivity index (χ2v) is 6.74. The van der Waals surface area contributed by atoms with Crippen molar-refractivity contribution < 1.29 is 21.6 Å². The quantitative estimate of drug-likeness (QED) is 0.269. The van der Waals surface area contributed by atoms with E-state index in [4.69, 9.17) is 11.0 Å². The zero-order valence-electron chi connectivity index (χ0n) is 9.53. The number of hydrogen-bond acceptors (Lipinski definition) is 6. The van der Waals surface area contributed by atoms with Crippen molar-refractivity contribution in [3.8, 4) is 0 Å². The Morgan fingerprint density at radius 2 is 1.53 bits per heavy atom. The van der Waals surface area contributed by atoms with E-state index in [1.165, 1.54) is 0 Å². The number of sulfonamides is 2. The van der Waals surface area contributed by atoms with Gasteiger partial charge in [-0.15, -0.1) is 0 Å². The molecule has 0 aliphatic carbocycles. The first-order valence-corrected chi connectivity index (χ1v) is 7.82. The zero-order valence-corrected chi connectivity index (χ0v) is 11.2. The molecule has 0 radical (unpaired) electrons. The Balaban J connectivity index is 2.94. The Morgan fingerprint density at radius 1 is 1.05 bits per heavy atom. The van der Waals surface area contributed by atoms with E-state index in [2.05, 4.69) is 0 Å². The number of hydrogen-bond donors (Lipinski definition) is 4. The summed E-state index contributed by atoms with van der Waals surface area (Å²) in [5, 5.41) is 4.87. The van der Waals surface area contributed by atoms with Crippen molar-refractivity contribution >= 4 is 26.0 Å². The number of carbonyl (C=O) groups is 1. The molecule has 1 amide bonds. The van der Waals surface area contributed by atoms with Crippen molar-refractivity contribution in [3.63, 3.8) is 0 Å². The number of rotatable bonds is 5. The van der Waals surface area contributed by atoms with Crippen molar-refractivity contribution in [3.05, 3.63) is 24.3 Å². The lowest BCUT2D eigenvalue weighted by Gasteiger charge is -2.06. The molecule has 106 valence electrons. The number of amides is 1. The number of benzene rings is 1. The van der Waals surface area contributed by atoms with E-state index in [1.807, 2.05) is 4.72 Å². The summed E-state index contributed by atoms with van der Waals surface area (Å²) < 4.78 is 47.4. The molecule has 1 rings (SSSR count). The second kappa shape index (κ2) is 5.63. The van der Waals surface area contributed by atoms with E-state index in [-0.39, 0.29) is 9.79 Å². The standard InChI is InChI=1S/C8H12N4O5S2/c9-12-8(13)5-11-19(16,17)7-3-1-6(2-4-7)18(10,14)15/h1-4,11H,5,9H2,(H,12,13)(H2,10,14,15). The first kappa shape index (κ1) is 15.5. The van der Waals surface area contributed by atoms with E-state index in [0.717, 1.165) is 24.3 Å². The molecule has 0 bridgehead atoms. The maximum Gasteiger partial charge on any atom is 0.248 e. The average molecular weight is 308 g/mol. The lowest BCUT2D eigenvalue weighted by Crippen LogP contribution is -2.40. The molecule has 0 heterocycles. The van der Waals surface area contributed by atoms with Crippen LogP contribution in [0.4, 0.5) is 0 Å². The van der Waals surface area contributed by atoms with Crippen LogP contribution in [-0.4, -0.2) is 29.3 Å². The van der Waals surface area contributed by atoms with Gasteiger partial charge in [-0.2, -0.15) is 0 Å². The highest BCUT2D eigenvalue weighted by atomic mass is 32.2. The Kier molecular flexibility index (Phi) is 4.60. The number of carbonyl (C=O) groups excluding carboxylic acids is 1. The molecule has 1 aromatic carbocycles. The minimum atomic E-state index is -3.93. The zero-order chi connectivity index (χ0) is 14.7. The van der Waals surface area contributed by atoms with Gasteiger partial charge in [0, 0.05) is 0 Å². The minimum Gasteiger partial charge on any atom is -0.293 e. The molecule has 6 N–H and O–H groups in total. The Labute approximate surface area is 110 Å². The molecule has 0 atom stereocenters. The summed E-state index contributed by atoms with van der Waals surface area (Å²) in [5.74, 6) is 4.08. The third-order valence-corrected chi connectivity index (χ3v) is 4.39. The van der Waals surface area contributed by atoms with Crippen LogP contribution in [0.1, 0.15) is 0 Å². The topological polar surface area (TPSA) is 161 Å². The second-order valence-electron chi connectivity index (χ2n) is 3.41. The fourth-order valence-electron chi connectivity index (χ4n) is 1.10. The maximum absolute atomic E-state index is 11.7. The molecular formula is C8H12N4O5S2. The highest BCUT2D eigenvalue weighted by molar-refractivity contribution is 7.89. The highest BCUT2D eigenvalue weighted by Gasteiger charge is 2.16. The van der Waals surface area contributed by atoms with Gasteiger partial charge < -0.3 is 0 Å². The van der Waals surface area contributed by atoms with Gasteiger partial charge in [0.25, 0.3) is 0 Å². The smallest absolute Gasteiger partial charge is 0.248 e. The van der Waals surface area contributed by atoms with Crippen LogP contribution in [-0.2, 0) is 24.8 Å². The van der Waals surface area contributed by atoms with Gasteiger partial charge in [-0.1, -0.05) is 0 Å². The fourth-order valence-corrected chi connectivity index (χ4v) is 2.60. The van der Waals surface area contributed by atoms with Crippen LogP contribution in [0.25, 0.3) is 0 Å². The first-order chi connectivity index (χ1) is 8.66. The summed E-state index contributed by atoms with van der Waals surface area (Å²) in [6.45, 7) is -0.532. The van der Waals surface area contributed by atoms with E-state index < -0.39 is 32.5 Å². The number of hydrazine groups is 1. The summed E-state index contributed by atoms with van der Waals surface area (Å²) in [4.78, 5) is 10.4. The van der Waals surface area contributed by atoms with E-state index in [1.54, 1.807) is 5.43 Å². The molecule has 0 saturated heterocycles. The Hall–Kier alpha value is -1.53. The summed E-state index contributed by atoms with van der Waals surface area (Å²) in [7, 11) is -7.82. The summed E-state index contributed by atoms with van der Waals surface area (Å²) in [6, 6.07) is 4.21. The number of nitrogens with one attached hydrogen (secondary N) is 2. The third-order valence-electron chi connectivity index (χ3n) is 2.05. The van der Waals surface area contributed by atoms with Gasteiger partial charge in [-0.05, 0) is 24.3 Å². The monoisotopic (exact) mass is 308 g/mol. The van der Waals surface area contributed by atoms with Gasteiger partial charge in [0.2, 0.25) is 26.0 Å². The summed E-state index contributed by atoms with van der Waals surface area (Å²) >= 11 is 0. The van der Waals surface area contributed by atoms with Crippen LogP contribution < -0.4 is 21.1 Å². The lowest BCUT2D eigenvalue weighted by atomic mass is 10.4. The average Bonchev–Trinajstić information content (AvgIpc) is 2.35. The molecule has 19 heavy (non-hydrogen) atoms. The molecule has 11 heteroatoms. The van der Waals surface area contributed by atoms with Crippen LogP contribution in [0.2, 0.25) is 0 Å². The Morgan fingerprint density at radius 3 is 1.95 bits per heavy atom. The third kappa shape index (κ3) is 4.25. The SMILES string of the molecule is NNC(=O)CNS(=O)(=O)c1ccc(S(N)(=O)=O)cc1. The predicted molar refractivity (Wildman–Crippen MR) is 65.3 cm³/mol. The highest BCUT2D eigenvalue weighted by Crippen LogP contribution is 2.12. The molecular weight excluding hydrogens is 296 g/mol. The molecule has 9 nitrogen and oxygen atoms in total. The molecule has 0 saturated carbocycles. The van der Waals surface area contributed by atoms with Crippen LogP contribution in [0.15, 0.2) is 34.1 Å². The maximum atomic E-state index is 11.7. The fraction of sp³-hybridized carbons (Fsp3) is 0.125. The van der Waals surface area contributed by atoms with Crippen molar-refractivity contribution in [2.24, 2.45) is 11.0 Å². The van der Waals surface area contributed by atoms with Crippen LogP contribution in [0, 0.1) is 0 Å². The van der Waals surface area contributed by atoms with Gasteiger partial charge in [0.1, 0.15) is 0 Å². The van der Waals surface area contributed by atoms with Crippen LogP contribution >= 0.6 is 0 Å². The first-order valence-electron chi connectivity index (χ1n) is 4.79. The van der Waals surface area contributed by atoms with E-state index >= 15 is 0 Å². The van der Waals surface area contributed by atoms with Crippen LogP contribution in [0.5, 0.6) is 0 Å².